The zero-order chi connectivity index (χ0) is 13.1. The van der Waals surface area contributed by atoms with Crippen molar-refractivity contribution in [3.63, 3.8) is 0 Å². The molecule has 0 bridgehead atoms. The Morgan fingerprint density at radius 3 is 2.63 bits per heavy atom. The molecule has 1 aromatic carbocycles. The standard InChI is InChI=1S/C15H22N2O.ClH/c1-11-6-3-4-9-14(11)17(2)15(18)12-7-5-8-13(16)10-12;/h5,7-8,10-11,14H,3-4,6,9,16H2,1-2H3;1H. The van der Waals surface area contributed by atoms with E-state index in [1.807, 2.05) is 24.1 Å². The van der Waals surface area contributed by atoms with Gasteiger partial charge in [-0.1, -0.05) is 25.8 Å². The third-order valence-corrected chi connectivity index (χ3v) is 4.02. The third kappa shape index (κ3) is 3.63. The monoisotopic (exact) mass is 282 g/mol. The van der Waals surface area contributed by atoms with E-state index in [1.54, 1.807) is 12.1 Å². The van der Waals surface area contributed by atoms with Crippen molar-refractivity contribution in [1.29, 1.82) is 0 Å². The van der Waals surface area contributed by atoms with Gasteiger partial charge in [0.1, 0.15) is 0 Å². The van der Waals surface area contributed by atoms with E-state index in [-0.39, 0.29) is 18.3 Å². The molecule has 4 heteroatoms. The lowest BCUT2D eigenvalue weighted by atomic mass is 9.85. The highest BCUT2D eigenvalue weighted by atomic mass is 35.5. The molecule has 1 fully saturated rings. The van der Waals surface area contributed by atoms with Gasteiger partial charge in [-0.3, -0.25) is 4.79 Å². The maximum atomic E-state index is 12.4. The summed E-state index contributed by atoms with van der Waals surface area (Å²) in [5.41, 5.74) is 7.07. The highest BCUT2D eigenvalue weighted by Crippen LogP contribution is 2.28. The van der Waals surface area contributed by atoms with E-state index in [0.29, 0.717) is 23.2 Å². The smallest absolute Gasteiger partial charge is 0.253 e. The Hall–Kier alpha value is -1.22. The zero-order valence-electron chi connectivity index (χ0n) is 11.6. The van der Waals surface area contributed by atoms with Crippen LogP contribution in [-0.4, -0.2) is 23.9 Å². The second kappa shape index (κ2) is 6.80. The second-order valence-corrected chi connectivity index (χ2v) is 5.37. The minimum absolute atomic E-state index is 0. The number of carbonyl (C=O) groups excluding carboxylic acids is 1. The molecule has 2 atom stereocenters. The average molecular weight is 283 g/mol. The first-order chi connectivity index (χ1) is 8.59. The van der Waals surface area contributed by atoms with E-state index in [4.69, 9.17) is 5.73 Å². The molecule has 106 valence electrons. The molecular weight excluding hydrogens is 260 g/mol. The van der Waals surface area contributed by atoms with Gasteiger partial charge in [-0.15, -0.1) is 12.4 Å². The number of anilines is 1. The van der Waals surface area contributed by atoms with E-state index in [2.05, 4.69) is 6.92 Å². The quantitative estimate of drug-likeness (QED) is 0.846. The van der Waals surface area contributed by atoms with Crippen LogP contribution in [-0.2, 0) is 0 Å². The lowest BCUT2D eigenvalue weighted by Gasteiger charge is -2.36. The van der Waals surface area contributed by atoms with Gasteiger partial charge in [0.2, 0.25) is 0 Å². The highest BCUT2D eigenvalue weighted by molar-refractivity contribution is 5.95. The molecule has 1 aliphatic carbocycles. The average Bonchev–Trinajstić information content (AvgIpc) is 2.37. The Labute approximate surface area is 121 Å². The molecule has 0 heterocycles. The molecular formula is C15H23ClN2O. The number of nitrogen functional groups attached to an aromatic ring is 1. The number of nitrogens with zero attached hydrogens (tertiary/aromatic N) is 1. The van der Waals surface area contributed by atoms with Gasteiger partial charge in [0.05, 0.1) is 0 Å². The summed E-state index contributed by atoms with van der Waals surface area (Å²) in [4.78, 5) is 14.3. The van der Waals surface area contributed by atoms with E-state index in [1.165, 1.54) is 19.3 Å². The Bertz CT molecular complexity index is 436. The fourth-order valence-electron chi connectivity index (χ4n) is 2.90. The fraction of sp³-hybridized carbons (Fsp3) is 0.533. The second-order valence-electron chi connectivity index (χ2n) is 5.37. The van der Waals surface area contributed by atoms with Crippen LogP contribution in [0.15, 0.2) is 24.3 Å². The molecule has 0 radical (unpaired) electrons. The molecule has 19 heavy (non-hydrogen) atoms. The molecule has 2 rings (SSSR count). The predicted molar refractivity (Wildman–Crippen MR) is 81.6 cm³/mol. The van der Waals surface area contributed by atoms with Crippen LogP contribution in [0.25, 0.3) is 0 Å². The van der Waals surface area contributed by atoms with Gasteiger partial charge >= 0.3 is 0 Å². The van der Waals surface area contributed by atoms with Crippen LogP contribution in [0.5, 0.6) is 0 Å². The molecule has 1 amide bonds. The first-order valence-corrected chi connectivity index (χ1v) is 6.72. The van der Waals surface area contributed by atoms with Crippen LogP contribution in [0.1, 0.15) is 43.0 Å². The van der Waals surface area contributed by atoms with Crippen molar-refractivity contribution in [2.45, 2.75) is 38.6 Å². The van der Waals surface area contributed by atoms with Crippen LogP contribution in [0.3, 0.4) is 0 Å². The van der Waals surface area contributed by atoms with E-state index in [0.717, 1.165) is 6.42 Å². The topological polar surface area (TPSA) is 46.3 Å². The number of hydrogen-bond donors (Lipinski definition) is 1. The summed E-state index contributed by atoms with van der Waals surface area (Å²) < 4.78 is 0. The summed E-state index contributed by atoms with van der Waals surface area (Å²) in [6, 6.07) is 7.60. The summed E-state index contributed by atoms with van der Waals surface area (Å²) in [5.74, 6) is 0.676. The number of rotatable bonds is 2. The maximum Gasteiger partial charge on any atom is 0.253 e. The molecule has 3 nitrogen and oxygen atoms in total. The molecule has 1 saturated carbocycles. The van der Waals surface area contributed by atoms with Crippen LogP contribution in [0.2, 0.25) is 0 Å². The molecule has 1 aromatic rings. The van der Waals surface area contributed by atoms with Crippen LogP contribution < -0.4 is 5.73 Å². The molecule has 0 aliphatic heterocycles. The number of benzene rings is 1. The maximum absolute atomic E-state index is 12.4. The Morgan fingerprint density at radius 1 is 1.32 bits per heavy atom. The van der Waals surface area contributed by atoms with Gasteiger partial charge in [0, 0.05) is 24.3 Å². The lowest BCUT2D eigenvalue weighted by Crippen LogP contribution is -2.42. The number of amides is 1. The van der Waals surface area contributed by atoms with Crippen molar-refractivity contribution in [3.8, 4) is 0 Å². The molecule has 2 unspecified atom stereocenters. The largest absolute Gasteiger partial charge is 0.399 e. The van der Waals surface area contributed by atoms with Gasteiger partial charge in [-0.25, -0.2) is 0 Å². The van der Waals surface area contributed by atoms with Gasteiger partial charge in [-0.2, -0.15) is 0 Å². The third-order valence-electron chi connectivity index (χ3n) is 4.02. The molecule has 1 aliphatic rings. The van der Waals surface area contributed by atoms with Gasteiger partial charge in [0.15, 0.2) is 0 Å². The Balaban J connectivity index is 0.00000180. The van der Waals surface area contributed by atoms with E-state index in [9.17, 15) is 4.79 Å². The number of hydrogen-bond acceptors (Lipinski definition) is 2. The predicted octanol–water partition coefficient (Wildman–Crippen LogP) is 3.34. The normalized spacial score (nSPS) is 22.4. The Morgan fingerprint density at radius 2 is 2.00 bits per heavy atom. The van der Waals surface area contributed by atoms with Gasteiger partial charge in [-0.05, 0) is 37.0 Å². The highest BCUT2D eigenvalue weighted by Gasteiger charge is 2.28. The minimum Gasteiger partial charge on any atom is -0.399 e. The van der Waals surface area contributed by atoms with E-state index < -0.39 is 0 Å². The molecule has 0 aromatic heterocycles. The fourth-order valence-corrected chi connectivity index (χ4v) is 2.90. The number of halogens is 1. The summed E-state index contributed by atoms with van der Waals surface area (Å²) in [7, 11) is 1.91. The van der Waals surface area contributed by atoms with Crippen molar-refractivity contribution in [1.82, 2.24) is 4.90 Å². The van der Waals surface area contributed by atoms with Gasteiger partial charge in [0.25, 0.3) is 5.91 Å². The van der Waals surface area contributed by atoms with Crippen LogP contribution in [0.4, 0.5) is 5.69 Å². The number of nitrogens with two attached hydrogens (primary N) is 1. The van der Waals surface area contributed by atoms with Crippen molar-refractivity contribution < 1.29 is 4.79 Å². The van der Waals surface area contributed by atoms with Crippen LogP contribution in [0, 0.1) is 5.92 Å². The summed E-state index contributed by atoms with van der Waals surface area (Å²) in [6.45, 7) is 2.24. The van der Waals surface area contributed by atoms with Gasteiger partial charge < -0.3 is 10.6 Å². The van der Waals surface area contributed by atoms with E-state index >= 15 is 0 Å². The van der Waals surface area contributed by atoms with Crippen molar-refractivity contribution >= 4 is 24.0 Å². The zero-order valence-corrected chi connectivity index (χ0v) is 12.5. The first kappa shape index (κ1) is 15.8. The molecule has 0 saturated heterocycles. The summed E-state index contributed by atoms with van der Waals surface area (Å²) in [6.07, 6.45) is 4.85. The SMILES string of the molecule is CC1CCCCC1N(C)C(=O)c1cccc(N)c1.Cl. The molecule has 0 spiro atoms. The minimum atomic E-state index is 0. The first-order valence-electron chi connectivity index (χ1n) is 6.72. The Kier molecular flexibility index (Phi) is 5.67. The molecule has 2 N–H and O–H groups in total. The summed E-state index contributed by atoms with van der Waals surface area (Å²) in [5, 5.41) is 0. The summed E-state index contributed by atoms with van der Waals surface area (Å²) >= 11 is 0. The lowest BCUT2D eigenvalue weighted by molar-refractivity contribution is 0.0629. The van der Waals surface area contributed by atoms with Crippen molar-refractivity contribution in [2.24, 2.45) is 5.92 Å². The van der Waals surface area contributed by atoms with Crippen molar-refractivity contribution in [3.05, 3.63) is 29.8 Å². The van der Waals surface area contributed by atoms with Crippen LogP contribution >= 0.6 is 12.4 Å². The number of carbonyl (C=O) groups is 1. The van der Waals surface area contributed by atoms with Crippen molar-refractivity contribution in [2.75, 3.05) is 12.8 Å².